The third kappa shape index (κ3) is 5.82. The van der Waals surface area contributed by atoms with Gasteiger partial charge in [-0.1, -0.05) is 0 Å². The molecule has 0 unspecified atom stereocenters. The summed E-state index contributed by atoms with van der Waals surface area (Å²) in [6.07, 6.45) is -4.44. The fourth-order valence-corrected chi connectivity index (χ4v) is 1.46. The molecule has 2 amide bonds. The van der Waals surface area contributed by atoms with Crippen molar-refractivity contribution in [1.82, 2.24) is 16.0 Å². The molecule has 3 N–H and O–H groups in total. The second-order valence-corrected chi connectivity index (χ2v) is 4.21. The average molecular weight is 303 g/mol. The van der Waals surface area contributed by atoms with E-state index in [2.05, 4.69) is 16.0 Å². The first-order valence-corrected chi connectivity index (χ1v) is 6.21. The minimum Gasteiger partial charge on any atom is -0.353 e. The highest BCUT2D eigenvalue weighted by Gasteiger charge is 2.30. The zero-order valence-electron chi connectivity index (χ0n) is 11.4. The molecule has 1 rings (SSSR count). The van der Waals surface area contributed by atoms with Crippen molar-refractivity contribution >= 4 is 11.8 Å². The summed E-state index contributed by atoms with van der Waals surface area (Å²) in [5.74, 6) is -0.974. The summed E-state index contributed by atoms with van der Waals surface area (Å²) in [5.41, 5.74) is -0.769. The smallest absolute Gasteiger partial charge is 0.353 e. The second kappa shape index (κ2) is 7.63. The number of hydrogen-bond donors (Lipinski definition) is 3. The maximum absolute atomic E-state index is 12.4. The number of alkyl halides is 3. The largest absolute Gasteiger partial charge is 0.416 e. The average Bonchev–Trinajstić information content (AvgIpc) is 2.44. The second-order valence-electron chi connectivity index (χ2n) is 4.21. The van der Waals surface area contributed by atoms with E-state index in [1.807, 2.05) is 0 Å². The lowest BCUT2D eigenvalue weighted by molar-refractivity contribution is -0.137. The minimum absolute atomic E-state index is 0.0611. The molecule has 21 heavy (non-hydrogen) atoms. The molecule has 5 nitrogen and oxygen atoms in total. The van der Waals surface area contributed by atoms with Crippen LogP contribution in [-0.2, 0) is 11.0 Å². The standard InChI is InChI=1S/C13H16F3N3O2/c1-17-6-7-18-11(20)8-19-12(21)9-2-4-10(5-3-9)13(14,15)16/h2-5,17H,6-8H2,1H3,(H,18,20)(H,19,21). The lowest BCUT2D eigenvalue weighted by Gasteiger charge is -2.08. The molecule has 0 spiro atoms. The van der Waals surface area contributed by atoms with Gasteiger partial charge in [0.2, 0.25) is 5.91 Å². The van der Waals surface area contributed by atoms with Gasteiger partial charge in [0.1, 0.15) is 0 Å². The predicted octanol–water partition coefficient (Wildman–Crippen LogP) is 0.771. The molecular weight excluding hydrogens is 287 g/mol. The molecule has 0 aliphatic rings. The van der Waals surface area contributed by atoms with Crippen LogP contribution in [0.5, 0.6) is 0 Å². The van der Waals surface area contributed by atoms with Crippen LogP contribution in [0.4, 0.5) is 13.2 Å². The summed E-state index contributed by atoms with van der Waals surface area (Å²) in [7, 11) is 1.73. The summed E-state index contributed by atoms with van der Waals surface area (Å²) in [6, 6.07) is 3.78. The molecule has 0 fully saturated rings. The first-order valence-electron chi connectivity index (χ1n) is 6.21. The fraction of sp³-hybridized carbons (Fsp3) is 0.385. The first-order chi connectivity index (χ1) is 9.84. The Kier molecular flexibility index (Phi) is 6.16. The van der Waals surface area contributed by atoms with Gasteiger partial charge in [-0.05, 0) is 31.3 Å². The van der Waals surface area contributed by atoms with E-state index >= 15 is 0 Å². The molecule has 116 valence electrons. The minimum atomic E-state index is -4.44. The lowest BCUT2D eigenvalue weighted by atomic mass is 10.1. The van der Waals surface area contributed by atoms with Gasteiger partial charge < -0.3 is 16.0 Å². The van der Waals surface area contributed by atoms with Crippen LogP contribution in [0.1, 0.15) is 15.9 Å². The van der Waals surface area contributed by atoms with E-state index in [9.17, 15) is 22.8 Å². The Balaban J connectivity index is 2.47. The van der Waals surface area contributed by atoms with E-state index in [0.29, 0.717) is 13.1 Å². The highest BCUT2D eigenvalue weighted by atomic mass is 19.4. The van der Waals surface area contributed by atoms with Crippen molar-refractivity contribution in [3.8, 4) is 0 Å². The Morgan fingerprint density at radius 1 is 1.05 bits per heavy atom. The van der Waals surface area contributed by atoms with Crippen LogP contribution >= 0.6 is 0 Å². The Labute approximate surface area is 119 Å². The highest BCUT2D eigenvalue weighted by Crippen LogP contribution is 2.28. The molecule has 1 aromatic carbocycles. The van der Waals surface area contributed by atoms with Gasteiger partial charge in [-0.2, -0.15) is 13.2 Å². The van der Waals surface area contributed by atoms with Crippen LogP contribution in [0.15, 0.2) is 24.3 Å². The first kappa shape index (κ1) is 17.0. The molecule has 0 radical (unpaired) electrons. The molecule has 8 heteroatoms. The van der Waals surface area contributed by atoms with Crippen molar-refractivity contribution in [2.24, 2.45) is 0 Å². The van der Waals surface area contributed by atoms with Gasteiger partial charge in [-0.25, -0.2) is 0 Å². The third-order valence-corrected chi connectivity index (χ3v) is 2.58. The number of amides is 2. The van der Waals surface area contributed by atoms with Crippen LogP contribution < -0.4 is 16.0 Å². The van der Waals surface area contributed by atoms with Crippen molar-refractivity contribution < 1.29 is 22.8 Å². The van der Waals surface area contributed by atoms with Crippen molar-refractivity contribution in [2.75, 3.05) is 26.7 Å². The predicted molar refractivity (Wildman–Crippen MR) is 70.7 cm³/mol. The Hall–Kier alpha value is -2.09. The molecule has 1 aromatic rings. The van der Waals surface area contributed by atoms with Crippen molar-refractivity contribution in [3.63, 3.8) is 0 Å². The number of rotatable bonds is 6. The number of carbonyl (C=O) groups excluding carboxylic acids is 2. The summed E-state index contributed by atoms with van der Waals surface area (Å²) in [4.78, 5) is 23.0. The zero-order valence-corrected chi connectivity index (χ0v) is 11.4. The van der Waals surface area contributed by atoms with Crippen LogP contribution in [-0.4, -0.2) is 38.5 Å². The zero-order chi connectivity index (χ0) is 15.9. The van der Waals surface area contributed by atoms with Crippen LogP contribution in [0.25, 0.3) is 0 Å². The number of likely N-dealkylation sites (N-methyl/N-ethyl adjacent to an activating group) is 1. The van der Waals surface area contributed by atoms with Crippen molar-refractivity contribution in [3.05, 3.63) is 35.4 Å². The van der Waals surface area contributed by atoms with Gasteiger partial charge in [0.05, 0.1) is 12.1 Å². The van der Waals surface area contributed by atoms with Crippen LogP contribution in [0.2, 0.25) is 0 Å². The van der Waals surface area contributed by atoms with Gasteiger partial charge in [0.25, 0.3) is 5.91 Å². The number of benzene rings is 1. The van der Waals surface area contributed by atoms with E-state index < -0.39 is 17.6 Å². The number of hydrogen-bond acceptors (Lipinski definition) is 3. The highest BCUT2D eigenvalue weighted by molar-refractivity contribution is 5.96. The monoisotopic (exact) mass is 303 g/mol. The van der Waals surface area contributed by atoms with Crippen molar-refractivity contribution in [1.29, 1.82) is 0 Å². The van der Waals surface area contributed by atoms with E-state index in [0.717, 1.165) is 24.3 Å². The molecular formula is C13H16F3N3O2. The normalized spacial score (nSPS) is 11.0. The molecule has 0 aliphatic heterocycles. The third-order valence-electron chi connectivity index (χ3n) is 2.58. The van der Waals surface area contributed by atoms with Crippen LogP contribution in [0, 0.1) is 0 Å². The maximum atomic E-state index is 12.4. The van der Waals surface area contributed by atoms with E-state index in [1.54, 1.807) is 7.05 Å². The van der Waals surface area contributed by atoms with Gasteiger partial charge >= 0.3 is 6.18 Å². The van der Waals surface area contributed by atoms with E-state index in [4.69, 9.17) is 0 Å². The summed E-state index contributed by atoms with van der Waals surface area (Å²) in [5, 5.41) is 7.72. The molecule has 0 aromatic heterocycles. The van der Waals surface area contributed by atoms with E-state index in [1.165, 1.54) is 0 Å². The molecule has 0 heterocycles. The molecule has 0 bridgehead atoms. The Morgan fingerprint density at radius 3 is 2.19 bits per heavy atom. The van der Waals surface area contributed by atoms with Crippen molar-refractivity contribution in [2.45, 2.75) is 6.18 Å². The number of nitrogens with one attached hydrogen (secondary N) is 3. The summed E-state index contributed by atoms with van der Waals surface area (Å²) >= 11 is 0. The van der Waals surface area contributed by atoms with Gasteiger partial charge in [0, 0.05) is 18.7 Å². The van der Waals surface area contributed by atoms with Gasteiger partial charge in [-0.15, -0.1) is 0 Å². The van der Waals surface area contributed by atoms with Crippen LogP contribution in [0.3, 0.4) is 0 Å². The summed E-state index contributed by atoms with van der Waals surface area (Å²) < 4.78 is 37.1. The summed E-state index contributed by atoms with van der Waals surface area (Å²) in [6.45, 7) is 0.785. The molecule has 0 aliphatic carbocycles. The topological polar surface area (TPSA) is 70.2 Å². The SMILES string of the molecule is CNCCNC(=O)CNC(=O)c1ccc(C(F)(F)F)cc1. The Bertz CT molecular complexity index is 486. The quantitative estimate of drug-likeness (QED) is 0.680. The number of halogens is 3. The Morgan fingerprint density at radius 2 is 1.67 bits per heavy atom. The lowest BCUT2D eigenvalue weighted by Crippen LogP contribution is -2.39. The van der Waals surface area contributed by atoms with E-state index in [-0.39, 0.29) is 18.0 Å². The molecule has 0 saturated heterocycles. The maximum Gasteiger partial charge on any atom is 0.416 e. The molecule has 0 saturated carbocycles. The van der Waals surface area contributed by atoms with Gasteiger partial charge in [0.15, 0.2) is 0 Å². The molecule has 0 atom stereocenters. The van der Waals surface area contributed by atoms with Gasteiger partial charge in [-0.3, -0.25) is 9.59 Å². The fourth-order valence-electron chi connectivity index (χ4n) is 1.46. The number of carbonyl (C=O) groups is 2.